The molecule has 2 aromatic rings. The van der Waals surface area contributed by atoms with E-state index >= 15 is 0 Å². The van der Waals surface area contributed by atoms with E-state index in [2.05, 4.69) is 39.7 Å². The van der Waals surface area contributed by atoms with Gasteiger partial charge in [-0.15, -0.1) is 11.8 Å². The highest BCUT2D eigenvalue weighted by atomic mass is 32.2. The molecule has 0 radical (unpaired) electrons. The molecule has 5 heteroatoms. The number of benzene rings is 1. The highest BCUT2D eigenvalue weighted by Crippen LogP contribution is 2.18. The molecule has 0 aliphatic carbocycles. The van der Waals surface area contributed by atoms with Crippen LogP contribution < -0.4 is 10.6 Å². The van der Waals surface area contributed by atoms with Gasteiger partial charge in [-0.2, -0.15) is 0 Å². The van der Waals surface area contributed by atoms with Crippen LogP contribution in [0.15, 0.2) is 47.5 Å². The average molecular weight is 291 g/mol. The van der Waals surface area contributed by atoms with E-state index in [-0.39, 0.29) is 0 Å². The van der Waals surface area contributed by atoms with Gasteiger partial charge in [-0.05, 0) is 48.8 Å². The molecule has 0 amide bonds. The van der Waals surface area contributed by atoms with Gasteiger partial charge in [-0.25, -0.2) is 0 Å². The van der Waals surface area contributed by atoms with Gasteiger partial charge >= 0.3 is 0 Å². The van der Waals surface area contributed by atoms with Gasteiger partial charge in [0.25, 0.3) is 0 Å². The molecule has 2 N–H and O–H groups in total. The zero-order valence-electron chi connectivity index (χ0n) is 11.0. The summed E-state index contributed by atoms with van der Waals surface area (Å²) < 4.78 is 2.07. The summed E-state index contributed by atoms with van der Waals surface area (Å²) in [5.41, 5.74) is 2.21. The van der Waals surface area contributed by atoms with Crippen LogP contribution in [0, 0.1) is 0 Å². The fourth-order valence-electron chi connectivity index (χ4n) is 1.73. The number of anilines is 1. The van der Waals surface area contributed by atoms with Crippen LogP contribution in [0.3, 0.4) is 0 Å². The van der Waals surface area contributed by atoms with Crippen LogP contribution in [0.1, 0.15) is 5.69 Å². The van der Waals surface area contributed by atoms with Crippen LogP contribution in [0.5, 0.6) is 0 Å². The van der Waals surface area contributed by atoms with Crippen molar-refractivity contribution >= 4 is 34.8 Å². The zero-order chi connectivity index (χ0) is 13.7. The van der Waals surface area contributed by atoms with E-state index in [1.165, 1.54) is 10.6 Å². The number of hydrogen-bond donors (Lipinski definition) is 2. The lowest BCUT2D eigenvalue weighted by Gasteiger charge is -2.11. The summed E-state index contributed by atoms with van der Waals surface area (Å²) >= 11 is 7.01. The number of aryl methyl sites for hydroxylation is 1. The monoisotopic (exact) mass is 291 g/mol. The van der Waals surface area contributed by atoms with Crippen LogP contribution in [0.4, 0.5) is 5.69 Å². The van der Waals surface area contributed by atoms with Crippen molar-refractivity contribution in [3.63, 3.8) is 0 Å². The molecule has 1 heterocycles. The van der Waals surface area contributed by atoms with Gasteiger partial charge in [0.2, 0.25) is 0 Å². The van der Waals surface area contributed by atoms with Crippen LogP contribution in [-0.2, 0) is 13.6 Å². The molecule has 0 fully saturated rings. The third-order valence-electron chi connectivity index (χ3n) is 2.81. The number of rotatable bonds is 4. The number of nitrogens with one attached hydrogen (secondary N) is 2. The fourth-order valence-corrected chi connectivity index (χ4v) is 2.38. The molecule has 100 valence electrons. The lowest BCUT2D eigenvalue weighted by Crippen LogP contribution is -2.28. The molecule has 1 aromatic carbocycles. The van der Waals surface area contributed by atoms with E-state index < -0.39 is 0 Å². The van der Waals surface area contributed by atoms with Crippen molar-refractivity contribution in [3.05, 3.63) is 48.3 Å². The summed E-state index contributed by atoms with van der Waals surface area (Å²) in [4.78, 5) is 1.22. The number of aromatic nitrogens is 1. The quantitative estimate of drug-likeness (QED) is 0.668. The smallest absolute Gasteiger partial charge is 0.171 e. The average Bonchev–Trinajstić information content (AvgIpc) is 2.82. The van der Waals surface area contributed by atoms with E-state index in [1.807, 2.05) is 31.4 Å². The van der Waals surface area contributed by atoms with Gasteiger partial charge in [0.15, 0.2) is 5.11 Å². The predicted molar refractivity (Wildman–Crippen MR) is 86.7 cm³/mol. The molecule has 0 atom stereocenters. The molecule has 0 spiro atoms. The molecular formula is C14H17N3S2. The minimum Gasteiger partial charge on any atom is -0.357 e. The van der Waals surface area contributed by atoms with E-state index in [4.69, 9.17) is 12.2 Å². The molecule has 0 aliphatic heterocycles. The Kier molecular flexibility index (Phi) is 4.87. The first-order valence-electron chi connectivity index (χ1n) is 5.98. The topological polar surface area (TPSA) is 29.0 Å². The summed E-state index contributed by atoms with van der Waals surface area (Å²) in [6, 6.07) is 12.3. The second-order valence-corrected chi connectivity index (χ2v) is 5.44. The maximum absolute atomic E-state index is 5.29. The Bertz CT molecular complexity index is 563. The molecule has 0 saturated carbocycles. The summed E-state index contributed by atoms with van der Waals surface area (Å²) in [5, 5.41) is 7.04. The number of hydrogen-bond acceptors (Lipinski definition) is 2. The number of thiocarbonyl (C=S) groups is 1. The second kappa shape index (κ2) is 6.63. The van der Waals surface area contributed by atoms with Crippen molar-refractivity contribution in [3.8, 4) is 0 Å². The van der Waals surface area contributed by atoms with Crippen molar-refractivity contribution in [2.75, 3.05) is 11.6 Å². The lowest BCUT2D eigenvalue weighted by molar-refractivity contribution is 0.783. The first-order valence-corrected chi connectivity index (χ1v) is 7.61. The molecule has 1 aromatic heterocycles. The van der Waals surface area contributed by atoms with Crippen molar-refractivity contribution in [1.29, 1.82) is 0 Å². The Morgan fingerprint density at radius 3 is 2.84 bits per heavy atom. The van der Waals surface area contributed by atoms with Crippen molar-refractivity contribution in [2.45, 2.75) is 11.4 Å². The van der Waals surface area contributed by atoms with Crippen molar-refractivity contribution in [2.24, 2.45) is 7.05 Å². The third kappa shape index (κ3) is 4.01. The first-order chi connectivity index (χ1) is 9.19. The van der Waals surface area contributed by atoms with Gasteiger partial charge in [0.05, 0.1) is 6.54 Å². The summed E-state index contributed by atoms with van der Waals surface area (Å²) in [6.07, 6.45) is 4.08. The SMILES string of the molecule is CSc1cccc(NC(=S)NCc2cccn2C)c1. The molecule has 3 nitrogen and oxygen atoms in total. The van der Waals surface area contributed by atoms with Gasteiger partial charge in [-0.3, -0.25) is 0 Å². The van der Waals surface area contributed by atoms with Crippen LogP contribution in [0.2, 0.25) is 0 Å². The van der Waals surface area contributed by atoms with Crippen molar-refractivity contribution < 1.29 is 0 Å². The highest BCUT2D eigenvalue weighted by Gasteiger charge is 2.01. The van der Waals surface area contributed by atoms with Gasteiger partial charge in [0, 0.05) is 29.5 Å². The van der Waals surface area contributed by atoms with Gasteiger partial charge < -0.3 is 15.2 Å². The Labute approximate surface area is 123 Å². The highest BCUT2D eigenvalue weighted by molar-refractivity contribution is 7.98. The largest absolute Gasteiger partial charge is 0.357 e. The molecule has 0 bridgehead atoms. The zero-order valence-corrected chi connectivity index (χ0v) is 12.6. The summed E-state index contributed by atoms with van der Waals surface area (Å²) in [7, 11) is 2.02. The van der Waals surface area contributed by atoms with Crippen LogP contribution >= 0.6 is 24.0 Å². The maximum Gasteiger partial charge on any atom is 0.171 e. The molecule has 0 aliphatic rings. The molecule has 0 unspecified atom stereocenters. The van der Waals surface area contributed by atoms with Crippen LogP contribution in [0.25, 0.3) is 0 Å². The second-order valence-electron chi connectivity index (χ2n) is 4.15. The van der Waals surface area contributed by atoms with E-state index in [1.54, 1.807) is 11.8 Å². The lowest BCUT2D eigenvalue weighted by atomic mass is 10.3. The summed E-state index contributed by atoms with van der Waals surface area (Å²) in [6.45, 7) is 0.720. The predicted octanol–water partition coefficient (Wildman–Crippen LogP) is 3.23. The standard InChI is InChI=1S/C14H17N3S2/c1-17-8-4-6-12(17)10-15-14(18)16-11-5-3-7-13(9-11)19-2/h3-9H,10H2,1-2H3,(H2,15,16,18). The normalized spacial score (nSPS) is 10.2. The van der Waals surface area contributed by atoms with Gasteiger partial charge in [0.1, 0.15) is 0 Å². The van der Waals surface area contributed by atoms with Crippen molar-refractivity contribution in [1.82, 2.24) is 9.88 Å². The number of thioether (sulfide) groups is 1. The van der Waals surface area contributed by atoms with E-state index in [9.17, 15) is 0 Å². The Balaban J connectivity index is 1.89. The molecular weight excluding hydrogens is 274 g/mol. The van der Waals surface area contributed by atoms with Crippen LogP contribution in [-0.4, -0.2) is 15.9 Å². The van der Waals surface area contributed by atoms with Gasteiger partial charge in [-0.1, -0.05) is 6.07 Å². The Morgan fingerprint density at radius 2 is 2.16 bits per heavy atom. The minimum absolute atomic E-state index is 0.638. The Morgan fingerprint density at radius 1 is 1.32 bits per heavy atom. The van der Waals surface area contributed by atoms with E-state index in [0.717, 1.165) is 12.2 Å². The molecule has 0 saturated heterocycles. The molecule has 2 rings (SSSR count). The van der Waals surface area contributed by atoms with E-state index in [0.29, 0.717) is 5.11 Å². The summed E-state index contributed by atoms with van der Waals surface area (Å²) in [5.74, 6) is 0. The first kappa shape index (κ1) is 14.0. The minimum atomic E-state index is 0.638. The third-order valence-corrected chi connectivity index (χ3v) is 3.78. The maximum atomic E-state index is 5.29. The Hall–Kier alpha value is -1.46. The fraction of sp³-hybridized carbons (Fsp3) is 0.214. The molecule has 19 heavy (non-hydrogen) atoms. The number of nitrogens with zero attached hydrogens (tertiary/aromatic N) is 1.